The Bertz CT molecular complexity index is 1070. The van der Waals surface area contributed by atoms with Crippen molar-refractivity contribution in [3.05, 3.63) is 24.3 Å². The predicted octanol–water partition coefficient (Wildman–Crippen LogP) is -1.68. The number of rotatable bonds is 6. The zero-order valence-electron chi connectivity index (χ0n) is 16.4. The average molecular weight is 433 g/mol. The molecule has 2 aliphatic rings. The molecule has 1 unspecified atom stereocenters. The largest absolute Gasteiger partial charge is 0.394 e. The van der Waals surface area contributed by atoms with Crippen molar-refractivity contribution in [2.75, 3.05) is 25.1 Å². The SMILES string of the molecule is OCc1cnn(-c2nc(NC3CCOC3)c3ncn([C@@H]4O[C@H](CO)[C@@H](O)[C@H]4O)c3n2)c1. The van der Waals surface area contributed by atoms with Gasteiger partial charge in [0.25, 0.3) is 5.95 Å². The molecule has 3 aromatic heterocycles. The molecule has 3 aromatic rings. The molecule has 0 radical (unpaired) electrons. The molecule has 0 saturated carbocycles. The van der Waals surface area contributed by atoms with E-state index in [0.29, 0.717) is 35.8 Å². The van der Waals surface area contributed by atoms with E-state index in [2.05, 4.69) is 25.4 Å². The number of nitrogens with one attached hydrogen (secondary N) is 1. The summed E-state index contributed by atoms with van der Waals surface area (Å²) in [5.74, 6) is 0.684. The molecule has 5 rings (SSSR count). The second-order valence-electron chi connectivity index (χ2n) is 7.58. The Morgan fingerprint density at radius 2 is 2.06 bits per heavy atom. The summed E-state index contributed by atoms with van der Waals surface area (Å²) in [5.41, 5.74) is 1.39. The van der Waals surface area contributed by atoms with Crippen molar-refractivity contribution < 1.29 is 29.9 Å². The minimum Gasteiger partial charge on any atom is -0.394 e. The van der Waals surface area contributed by atoms with Crippen molar-refractivity contribution >= 4 is 17.0 Å². The Morgan fingerprint density at radius 3 is 2.74 bits per heavy atom. The van der Waals surface area contributed by atoms with E-state index in [0.717, 1.165) is 6.42 Å². The van der Waals surface area contributed by atoms with E-state index in [-0.39, 0.29) is 18.6 Å². The summed E-state index contributed by atoms with van der Waals surface area (Å²) in [7, 11) is 0. The number of aliphatic hydroxyl groups excluding tert-OH is 4. The Balaban J connectivity index is 1.60. The summed E-state index contributed by atoms with van der Waals surface area (Å²) in [6, 6.07) is 0.0515. The van der Waals surface area contributed by atoms with Gasteiger partial charge in [-0.2, -0.15) is 15.1 Å². The lowest BCUT2D eigenvalue weighted by Crippen LogP contribution is -2.33. The number of nitrogens with zero attached hydrogens (tertiary/aromatic N) is 6. The monoisotopic (exact) mass is 433 g/mol. The number of aliphatic hydroxyl groups is 4. The lowest BCUT2D eigenvalue weighted by Gasteiger charge is -2.17. The van der Waals surface area contributed by atoms with Gasteiger partial charge in [0.1, 0.15) is 18.3 Å². The van der Waals surface area contributed by atoms with Gasteiger partial charge in [-0.25, -0.2) is 9.67 Å². The lowest BCUT2D eigenvalue weighted by molar-refractivity contribution is -0.0511. The minimum atomic E-state index is -1.28. The number of aromatic nitrogens is 6. The van der Waals surface area contributed by atoms with Crippen LogP contribution in [0.5, 0.6) is 0 Å². The summed E-state index contributed by atoms with van der Waals surface area (Å²) in [5, 5.41) is 46.9. The normalized spacial score (nSPS) is 28.6. The number of hydrogen-bond acceptors (Lipinski definition) is 11. The van der Waals surface area contributed by atoms with Crippen LogP contribution < -0.4 is 5.32 Å². The van der Waals surface area contributed by atoms with E-state index in [1.54, 1.807) is 6.20 Å². The molecule has 2 saturated heterocycles. The molecule has 5 N–H and O–H groups in total. The molecule has 0 bridgehead atoms. The molecule has 5 heterocycles. The van der Waals surface area contributed by atoms with E-state index in [1.807, 2.05) is 0 Å². The first kappa shape index (κ1) is 20.2. The van der Waals surface area contributed by atoms with Gasteiger partial charge >= 0.3 is 0 Å². The molecular formula is C18H23N7O6. The van der Waals surface area contributed by atoms with Gasteiger partial charge in [-0.05, 0) is 6.42 Å². The second kappa shape index (κ2) is 8.11. The maximum Gasteiger partial charge on any atom is 0.254 e. The Kier molecular flexibility index (Phi) is 5.29. The zero-order chi connectivity index (χ0) is 21.5. The molecule has 2 fully saturated rings. The summed E-state index contributed by atoms with van der Waals surface area (Å²) >= 11 is 0. The van der Waals surface area contributed by atoms with Crippen LogP contribution in [0, 0.1) is 0 Å². The van der Waals surface area contributed by atoms with Crippen LogP contribution >= 0.6 is 0 Å². The van der Waals surface area contributed by atoms with Gasteiger partial charge in [0.2, 0.25) is 0 Å². The number of ether oxygens (including phenoxy) is 2. The number of hydrogen-bond donors (Lipinski definition) is 5. The Morgan fingerprint density at radius 1 is 1.19 bits per heavy atom. The van der Waals surface area contributed by atoms with E-state index in [9.17, 15) is 20.4 Å². The van der Waals surface area contributed by atoms with Crippen molar-refractivity contribution in [1.82, 2.24) is 29.3 Å². The van der Waals surface area contributed by atoms with E-state index >= 15 is 0 Å². The van der Waals surface area contributed by atoms with E-state index in [1.165, 1.54) is 21.8 Å². The number of fused-ring (bicyclic) bond motifs is 1. The fourth-order valence-corrected chi connectivity index (χ4v) is 3.80. The van der Waals surface area contributed by atoms with Crippen LogP contribution in [0.15, 0.2) is 18.7 Å². The minimum absolute atomic E-state index is 0.0515. The molecule has 2 aliphatic heterocycles. The molecule has 0 amide bonds. The molecular weight excluding hydrogens is 410 g/mol. The highest BCUT2D eigenvalue weighted by Crippen LogP contribution is 2.33. The quantitative estimate of drug-likeness (QED) is 0.300. The highest BCUT2D eigenvalue weighted by atomic mass is 16.6. The smallest absolute Gasteiger partial charge is 0.254 e. The van der Waals surface area contributed by atoms with Gasteiger partial charge in [0, 0.05) is 18.4 Å². The Labute approximate surface area is 175 Å². The third-order valence-electron chi connectivity index (χ3n) is 5.50. The van der Waals surface area contributed by atoms with Gasteiger partial charge in [-0.15, -0.1) is 0 Å². The van der Waals surface area contributed by atoms with Gasteiger partial charge in [-0.3, -0.25) is 4.57 Å². The first-order chi connectivity index (χ1) is 15.1. The van der Waals surface area contributed by atoms with Crippen molar-refractivity contribution in [2.24, 2.45) is 0 Å². The molecule has 0 aliphatic carbocycles. The first-order valence-electron chi connectivity index (χ1n) is 9.95. The van der Waals surface area contributed by atoms with Gasteiger partial charge in [0.15, 0.2) is 23.2 Å². The average Bonchev–Trinajstić information content (AvgIpc) is 3.56. The third kappa shape index (κ3) is 3.54. The summed E-state index contributed by atoms with van der Waals surface area (Å²) in [6.45, 7) is 0.572. The first-order valence-corrected chi connectivity index (χ1v) is 9.95. The highest BCUT2D eigenvalue weighted by molar-refractivity contribution is 5.84. The molecule has 13 nitrogen and oxygen atoms in total. The van der Waals surface area contributed by atoms with Crippen LogP contribution in [0.2, 0.25) is 0 Å². The molecule has 5 atom stereocenters. The molecule has 0 spiro atoms. The van der Waals surface area contributed by atoms with Crippen LogP contribution in [0.4, 0.5) is 5.82 Å². The molecule has 13 heteroatoms. The third-order valence-corrected chi connectivity index (χ3v) is 5.50. The van der Waals surface area contributed by atoms with Gasteiger partial charge in [-0.1, -0.05) is 0 Å². The molecule has 0 aromatic carbocycles. The van der Waals surface area contributed by atoms with Crippen LogP contribution in [0.1, 0.15) is 18.2 Å². The second-order valence-corrected chi connectivity index (χ2v) is 7.58. The van der Waals surface area contributed by atoms with E-state index in [4.69, 9.17) is 9.47 Å². The topological polar surface area (TPSA) is 173 Å². The fraction of sp³-hybridized carbons (Fsp3) is 0.556. The fourth-order valence-electron chi connectivity index (χ4n) is 3.80. The van der Waals surface area contributed by atoms with Crippen molar-refractivity contribution in [3.8, 4) is 5.95 Å². The predicted molar refractivity (Wildman–Crippen MR) is 104 cm³/mol. The summed E-state index contributed by atoms with van der Waals surface area (Å²) in [6.07, 6.45) is 0.928. The van der Waals surface area contributed by atoms with Crippen LogP contribution in [-0.2, 0) is 16.1 Å². The maximum absolute atomic E-state index is 10.5. The highest BCUT2D eigenvalue weighted by Gasteiger charge is 2.44. The van der Waals surface area contributed by atoms with Gasteiger partial charge in [0.05, 0.1) is 38.4 Å². The van der Waals surface area contributed by atoms with Crippen molar-refractivity contribution in [3.63, 3.8) is 0 Å². The Hall–Kier alpha value is -2.68. The van der Waals surface area contributed by atoms with Crippen LogP contribution in [-0.4, -0.2) is 93.9 Å². The maximum atomic E-state index is 10.5. The van der Waals surface area contributed by atoms with Gasteiger partial charge < -0.3 is 35.2 Å². The molecule has 166 valence electrons. The number of anilines is 1. The molecule has 31 heavy (non-hydrogen) atoms. The van der Waals surface area contributed by atoms with E-state index < -0.39 is 31.1 Å². The summed E-state index contributed by atoms with van der Waals surface area (Å²) < 4.78 is 14.0. The lowest BCUT2D eigenvalue weighted by atomic mass is 10.1. The van der Waals surface area contributed by atoms with Crippen molar-refractivity contribution in [1.29, 1.82) is 0 Å². The number of imidazole rings is 1. The van der Waals surface area contributed by atoms with Crippen molar-refractivity contribution in [2.45, 2.75) is 43.6 Å². The standard InChI is InChI=1S/C18H23N7O6/c26-5-9-3-20-25(4-9)18-22-15(21-10-1-2-30-7-10)12-16(23-18)24(8-19-12)17-14(29)13(28)11(6-27)31-17/h3-4,8,10-11,13-14,17,26-29H,1-2,5-7H2,(H,21,22,23)/t10?,11-,13-,14-,17-/m1/s1. The summed E-state index contributed by atoms with van der Waals surface area (Å²) in [4.78, 5) is 13.5. The van der Waals surface area contributed by atoms with Crippen LogP contribution in [0.3, 0.4) is 0 Å². The van der Waals surface area contributed by atoms with Crippen LogP contribution in [0.25, 0.3) is 17.1 Å². The zero-order valence-corrected chi connectivity index (χ0v) is 16.4.